The van der Waals surface area contributed by atoms with Crippen LogP contribution < -0.4 is 9.47 Å². The fraction of sp³-hybridized carbons (Fsp3) is 0.286. The minimum Gasteiger partial charge on any atom is -0.492 e. The number of ether oxygens (including phenoxy) is 3. The quantitative estimate of drug-likeness (QED) is 0.464. The Morgan fingerprint density at radius 3 is 2.71 bits per heavy atom. The largest absolute Gasteiger partial charge is 0.492 e. The fourth-order valence-corrected chi connectivity index (χ4v) is 4.92. The van der Waals surface area contributed by atoms with Crippen LogP contribution in [0, 0.1) is 17.1 Å². The van der Waals surface area contributed by atoms with Crippen molar-refractivity contribution in [3.05, 3.63) is 93.8 Å². The van der Waals surface area contributed by atoms with Crippen molar-refractivity contribution in [2.24, 2.45) is 0 Å². The lowest BCUT2D eigenvalue weighted by Gasteiger charge is -2.17. The molecule has 0 aromatic heterocycles. The van der Waals surface area contributed by atoms with Gasteiger partial charge >= 0.3 is 5.97 Å². The molecule has 1 unspecified atom stereocenters. The van der Waals surface area contributed by atoms with E-state index in [1.54, 1.807) is 12.1 Å². The molecule has 0 radical (unpaired) electrons. The van der Waals surface area contributed by atoms with Crippen LogP contribution in [0.25, 0.3) is 0 Å². The molecule has 6 heteroatoms. The highest BCUT2D eigenvalue weighted by Gasteiger charge is 2.30. The van der Waals surface area contributed by atoms with Gasteiger partial charge in [-0.3, -0.25) is 4.79 Å². The Morgan fingerprint density at radius 1 is 1.15 bits per heavy atom. The van der Waals surface area contributed by atoms with Crippen molar-refractivity contribution < 1.29 is 23.4 Å². The summed E-state index contributed by atoms with van der Waals surface area (Å²) in [6.07, 6.45) is 2.36. The SMILES string of the molecule is COC(=O)CC1COc2cc(O[C@@H]3CCc4c3ccc(C#N)c4Cc3ccc(F)cc3)ccc21. The summed E-state index contributed by atoms with van der Waals surface area (Å²) in [6, 6.07) is 18.3. The lowest BCUT2D eigenvalue weighted by molar-refractivity contribution is -0.141. The molecule has 0 saturated heterocycles. The molecule has 0 spiro atoms. The highest BCUT2D eigenvalue weighted by Crippen LogP contribution is 2.42. The molecule has 5 nitrogen and oxygen atoms in total. The van der Waals surface area contributed by atoms with Gasteiger partial charge in [0.05, 0.1) is 31.8 Å². The summed E-state index contributed by atoms with van der Waals surface area (Å²) >= 11 is 0. The Labute approximate surface area is 197 Å². The maximum Gasteiger partial charge on any atom is 0.306 e. The van der Waals surface area contributed by atoms with E-state index < -0.39 is 0 Å². The minimum atomic E-state index is -0.272. The second-order valence-electron chi connectivity index (χ2n) is 8.71. The molecule has 3 aromatic rings. The predicted octanol–water partition coefficient (Wildman–Crippen LogP) is 5.39. The Balaban J connectivity index is 1.37. The van der Waals surface area contributed by atoms with Crippen molar-refractivity contribution in [1.29, 1.82) is 5.26 Å². The minimum absolute atomic E-state index is 0.0119. The van der Waals surface area contributed by atoms with E-state index in [-0.39, 0.29) is 30.2 Å². The number of carbonyl (C=O) groups excluding carboxylic acids is 1. The first kappa shape index (κ1) is 22.0. The van der Waals surface area contributed by atoms with E-state index in [1.807, 2.05) is 30.3 Å². The molecule has 0 amide bonds. The summed E-state index contributed by atoms with van der Waals surface area (Å²) in [5, 5.41) is 9.67. The van der Waals surface area contributed by atoms with Gasteiger partial charge in [0.15, 0.2) is 0 Å². The average molecular weight is 458 g/mol. The van der Waals surface area contributed by atoms with Crippen LogP contribution in [0.5, 0.6) is 11.5 Å². The second kappa shape index (κ2) is 9.18. The van der Waals surface area contributed by atoms with Crippen LogP contribution in [0.3, 0.4) is 0 Å². The number of nitrogens with zero attached hydrogens (tertiary/aromatic N) is 1. The highest BCUT2D eigenvalue weighted by atomic mass is 19.1. The summed E-state index contributed by atoms with van der Waals surface area (Å²) in [5.74, 6) is 0.909. The van der Waals surface area contributed by atoms with Crippen molar-refractivity contribution in [3.63, 3.8) is 0 Å². The lowest BCUT2D eigenvalue weighted by atomic mass is 9.92. The van der Waals surface area contributed by atoms with E-state index in [4.69, 9.17) is 14.2 Å². The molecule has 0 bridgehead atoms. The van der Waals surface area contributed by atoms with E-state index in [9.17, 15) is 14.4 Å². The van der Waals surface area contributed by atoms with E-state index in [0.717, 1.165) is 46.4 Å². The van der Waals surface area contributed by atoms with Crippen molar-refractivity contribution in [1.82, 2.24) is 0 Å². The number of methoxy groups -OCH3 is 1. The Kier molecular flexibility index (Phi) is 5.93. The van der Waals surface area contributed by atoms with E-state index in [1.165, 1.54) is 19.2 Å². The average Bonchev–Trinajstić information content (AvgIpc) is 3.44. The van der Waals surface area contributed by atoms with Crippen LogP contribution in [-0.4, -0.2) is 19.7 Å². The summed E-state index contributed by atoms with van der Waals surface area (Å²) in [6.45, 7) is 0.448. The molecule has 3 aromatic carbocycles. The van der Waals surface area contributed by atoms with Gasteiger partial charge in [0.2, 0.25) is 0 Å². The van der Waals surface area contributed by atoms with Crippen LogP contribution in [0.15, 0.2) is 54.6 Å². The second-order valence-corrected chi connectivity index (χ2v) is 8.71. The summed E-state index contributed by atoms with van der Waals surface area (Å²) in [7, 11) is 1.39. The van der Waals surface area contributed by atoms with E-state index in [0.29, 0.717) is 24.3 Å². The molecule has 5 rings (SSSR count). The number of rotatable bonds is 6. The van der Waals surface area contributed by atoms with Crippen LogP contribution in [0.2, 0.25) is 0 Å². The van der Waals surface area contributed by atoms with Crippen LogP contribution in [0.4, 0.5) is 4.39 Å². The monoisotopic (exact) mass is 457 g/mol. The number of halogens is 1. The Hall–Kier alpha value is -3.85. The normalized spacial score (nSPS) is 17.9. The van der Waals surface area contributed by atoms with Crippen molar-refractivity contribution in [2.45, 2.75) is 37.7 Å². The summed E-state index contributed by atoms with van der Waals surface area (Å²) in [5.41, 5.74) is 5.81. The van der Waals surface area contributed by atoms with Gasteiger partial charge in [0.25, 0.3) is 0 Å². The zero-order valence-corrected chi connectivity index (χ0v) is 18.8. The molecular formula is C28H24FNO4. The number of hydrogen-bond acceptors (Lipinski definition) is 5. The van der Waals surface area contributed by atoms with Crippen molar-refractivity contribution >= 4 is 5.97 Å². The zero-order chi connectivity index (χ0) is 23.7. The first-order valence-electron chi connectivity index (χ1n) is 11.3. The maximum atomic E-state index is 13.3. The molecule has 34 heavy (non-hydrogen) atoms. The number of esters is 1. The number of carbonyl (C=O) groups is 1. The van der Waals surface area contributed by atoms with Gasteiger partial charge in [0, 0.05) is 17.5 Å². The fourth-order valence-electron chi connectivity index (χ4n) is 4.92. The van der Waals surface area contributed by atoms with Crippen molar-refractivity contribution in [2.75, 3.05) is 13.7 Å². The molecule has 1 aliphatic carbocycles. The number of benzene rings is 3. The van der Waals surface area contributed by atoms with Gasteiger partial charge in [-0.25, -0.2) is 4.39 Å². The van der Waals surface area contributed by atoms with Gasteiger partial charge < -0.3 is 14.2 Å². The number of fused-ring (bicyclic) bond motifs is 2. The lowest BCUT2D eigenvalue weighted by Crippen LogP contribution is -2.09. The van der Waals surface area contributed by atoms with Crippen molar-refractivity contribution in [3.8, 4) is 17.6 Å². The Bertz CT molecular complexity index is 1280. The molecule has 172 valence electrons. The standard InChI is InChI=1S/C28H24FNO4/c1-32-28(31)13-19-16-33-27-14-21(7-9-22(19)27)34-26-11-10-23-24(26)8-4-18(15-30)25(23)12-17-2-5-20(29)6-3-17/h2-9,14,19,26H,10-13,16H2,1H3/t19?,26-/m1/s1. The topological polar surface area (TPSA) is 68.6 Å². The molecule has 2 atom stereocenters. The van der Waals surface area contributed by atoms with Gasteiger partial charge in [0.1, 0.15) is 23.4 Å². The van der Waals surface area contributed by atoms with E-state index in [2.05, 4.69) is 6.07 Å². The molecule has 2 aliphatic rings. The molecule has 1 aliphatic heterocycles. The zero-order valence-electron chi connectivity index (χ0n) is 18.8. The van der Waals surface area contributed by atoms with E-state index >= 15 is 0 Å². The first-order valence-corrected chi connectivity index (χ1v) is 11.3. The third kappa shape index (κ3) is 4.22. The highest BCUT2D eigenvalue weighted by molar-refractivity contribution is 5.71. The first-order chi connectivity index (χ1) is 16.6. The third-order valence-electron chi connectivity index (χ3n) is 6.67. The summed E-state index contributed by atoms with van der Waals surface area (Å²) < 4.78 is 30.3. The Morgan fingerprint density at radius 2 is 1.94 bits per heavy atom. The predicted molar refractivity (Wildman–Crippen MR) is 123 cm³/mol. The van der Waals surface area contributed by atoms with Gasteiger partial charge in [-0.15, -0.1) is 0 Å². The maximum absolute atomic E-state index is 13.3. The molecule has 0 saturated carbocycles. The smallest absolute Gasteiger partial charge is 0.306 e. The van der Waals surface area contributed by atoms with Crippen LogP contribution >= 0.6 is 0 Å². The third-order valence-corrected chi connectivity index (χ3v) is 6.67. The van der Waals surface area contributed by atoms with Gasteiger partial charge in [-0.1, -0.05) is 24.3 Å². The molecule has 0 N–H and O–H groups in total. The van der Waals surface area contributed by atoms with Gasteiger partial charge in [-0.2, -0.15) is 5.26 Å². The molecular weight excluding hydrogens is 433 g/mol. The van der Waals surface area contributed by atoms with Crippen LogP contribution in [-0.2, 0) is 22.4 Å². The number of hydrogen-bond donors (Lipinski definition) is 0. The molecule has 1 heterocycles. The molecule has 0 fully saturated rings. The van der Waals surface area contributed by atoms with Crippen LogP contribution in [0.1, 0.15) is 58.2 Å². The van der Waals surface area contributed by atoms with Gasteiger partial charge in [-0.05, 0) is 65.8 Å². The summed E-state index contributed by atoms with van der Waals surface area (Å²) in [4.78, 5) is 11.7. The number of nitriles is 1.